The Balaban J connectivity index is 1.86. The van der Waals surface area contributed by atoms with Crippen LogP contribution in [0, 0.1) is 5.82 Å². The number of benzene rings is 3. The van der Waals surface area contributed by atoms with Gasteiger partial charge in [0.15, 0.2) is 0 Å². The zero-order valence-corrected chi connectivity index (χ0v) is 19.7. The van der Waals surface area contributed by atoms with Gasteiger partial charge in [0.25, 0.3) is 10.0 Å². The maximum absolute atomic E-state index is 14.7. The van der Waals surface area contributed by atoms with Crippen LogP contribution >= 0.6 is 11.6 Å². The number of nitrogens with one attached hydrogen (secondary N) is 1. The smallest absolute Gasteiger partial charge is 0.279 e. The second-order valence-electron chi connectivity index (χ2n) is 7.44. The van der Waals surface area contributed by atoms with Crippen molar-refractivity contribution in [2.45, 2.75) is 17.4 Å². The molecule has 1 heterocycles. The number of hydrazone groups is 1. The van der Waals surface area contributed by atoms with Gasteiger partial charge >= 0.3 is 0 Å². The highest BCUT2D eigenvalue weighted by Gasteiger charge is 2.39. The molecule has 0 saturated heterocycles. The molecule has 1 aliphatic heterocycles. The fourth-order valence-corrected chi connectivity index (χ4v) is 5.91. The van der Waals surface area contributed by atoms with Gasteiger partial charge in [0, 0.05) is 22.6 Å². The summed E-state index contributed by atoms with van der Waals surface area (Å²) in [7, 11) is -7.81. The van der Waals surface area contributed by atoms with E-state index in [1.165, 1.54) is 36.4 Å². The van der Waals surface area contributed by atoms with E-state index in [0.29, 0.717) is 11.3 Å². The lowest BCUT2D eigenvalue weighted by Gasteiger charge is -2.23. The van der Waals surface area contributed by atoms with Crippen LogP contribution in [0.1, 0.15) is 23.6 Å². The average molecular weight is 508 g/mol. The lowest BCUT2D eigenvalue weighted by Crippen LogP contribution is -2.28. The predicted octanol–water partition coefficient (Wildman–Crippen LogP) is 4.39. The lowest BCUT2D eigenvalue weighted by atomic mass is 9.98. The topological polar surface area (TPSA) is 95.9 Å². The van der Waals surface area contributed by atoms with E-state index < -0.39 is 31.9 Å². The number of hydrogen-bond donors (Lipinski definition) is 1. The molecule has 0 aliphatic carbocycles. The summed E-state index contributed by atoms with van der Waals surface area (Å²) in [6, 6.07) is 17.1. The fourth-order valence-electron chi connectivity index (χ4n) is 3.61. The third-order valence-corrected chi connectivity index (χ3v) is 7.51. The van der Waals surface area contributed by atoms with Gasteiger partial charge in [-0.2, -0.15) is 17.9 Å². The molecule has 1 aliphatic rings. The Labute approximate surface area is 196 Å². The summed E-state index contributed by atoms with van der Waals surface area (Å²) in [5, 5.41) is 4.57. The van der Waals surface area contributed by atoms with Crippen LogP contribution in [0.25, 0.3) is 0 Å². The van der Waals surface area contributed by atoms with E-state index in [9.17, 15) is 21.2 Å². The standard InChI is InChI=1S/C22H19ClFN3O4S2/c1-32(28,29)26-20-12-5-3-10-18(20)21-14-22(17-9-2-4-11-19(17)24)27(25-21)33(30,31)16-8-6-7-15(23)13-16/h2-13,22,26H,14H2,1H3/t22-/m1/s1. The molecule has 0 fully saturated rings. The normalized spacial score (nSPS) is 16.5. The minimum Gasteiger partial charge on any atom is -0.283 e. The first-order chi connectivity index (χ1) is 15.6. The van der Waals surface area contributed by atoms with Crippen molar-refractivity contribution in [3.05, 3.63) is 94.8 Å². The quantitative estimate of drug-likeness (QED) is 0.535. The van der Waals surface area contributed by atoms with E-state index in [1.807, 2.05) is 0 Å². The van der Waals surface area contributed by atoms with Crippen LogP contribution in [-0.2, 0) is 20.0 Å². The summed E-state index contributed by atoms with van der Waals surface area (Å²) in [5.74, 6) is -0.576. The van der Waals surface area contributed by atoms with Crippen molar-refractivity contribution in [3.8, 4) is 0 Å². The van der Waals surface area contributed by atoms with Crippen molar-refractivity contribution in [1.29, 1.82) is 0 Å². The van der Waals surface area contributed by atoms with Crippen LogP contribution in [0.15, 0.2) is 82.8 Å². The van der Waals surface area contributed by atoms with Gasteiger partial charge < -0.3 is 0 Å². The SMILES string of the molecule is CS(=O)(=O)Nc1ccccc1C1=NN(S(=O)(=O)c2cccc(Cl)c2)[C@@H](c2ccccc2F)C1. The first-order valence-corrected chi connectivity index (χ1v) is 13.5. The van der Waals surface area contributed by atoms with Crippen LogP contribution in [0.4, 0.5) is 10.1 Å². The molecule has 11 heteroatoms. The molecule has 1 N–H and O–H groups in total. The predicted molar refractivity (Wildman–Crippen MR) is 126 cm³/mol. The van der Waals surface area contributed by atoms with Crippen molar-refractivity contribution in [3.63, 3.8) is 0 Å². The molecule has 1 atom stereocenters. The van der Waals surface area contributed by atoms with Crippen LogP contribution < -0.4 is 4.72 Å². The number of nitrogens with zero attached hydrogens (tertiary/aromatic N) is 2. The summed E-state index contributed by atoms with van der Waals surface area (Å²) in [6.45, 7) is 0. The van der Waals surface area contributed by atoms with Gasteiger partial charge in [0.2, 0.25) is 10.0 Å². The van der Waals surface area contributed by atoms with Crippen molar-refractivity contribution < 1.29 is 21.2 Å². The minimum atomic E-state index is -4.21. The van der Waals surface area contributed by atoms with Gasteiger partial charge in [-0.1, -0.05) is 54.1 Å². The Morgan fingerprint density at radius 2 is 1.70 bits per heavy atom. The molecule has 0 bridgehead atoms. The molecular formula is C22H19ClFN3O4S2. The third kappa shape index (κ3) is 4.87. The van der Waals surface area contributed by atoms with Crippen LogP contribution in [0.5, 0.6) is 0 Å². The monoisotopic (exact) mass is 507 g/mol. The molecular weight excluding hydrogens is 489 g/mol. The molecule has 0 saturated carbocycles. The lowest BCUT2D eigenvalue weighted by molar-refractivity contribution is 0.362. The van der Waals surface area contributed by atoms with Crippen LogP contribution in [0.2, 0.25) is 5.02 Å². The summed E-state index contributed by atoms with van der Waals surface area (Å²) < 4.78 is 68.6. The molecule has 33 heavy (non-hydrogen) atoms. The number of halogens is 2. The van der Waals surface area contributed by atoms with Crippen molar-refractivity contribution in [1.82, 2.24) is 4.41 Å². The van der Waals surface area contributed by atoms with E-state index >= 15 is 0 Å². The van der Waals surface area contributed by atoms with Crippen LogP contribution in [-0.4, -0.2) is 33.2 Å². The summed E-state index contributed by atoms with van der Waals surface area (Å²) in [6.07, 6.45) is 1.04. The molecule has 3 aromatic carbocycles. The molecule has 4 rings (SSSR count). The Hall–Kier alpha value is -2.95. The molecule has 0 aromatic heterocycles. The Kier molecular flexibility index (Phi) is 6.17. The summed E-state index contributed by atoms with van der Waals surface area (Å²) >= 11 is 6.00. The summed E-state index contributed by atoms with van der Waals surface area (Å²) in [4.78, 5) is -0.0936. The van der Waals surface area contributed by atoms with Crippen molar-refractivity contribution in [2.24, 2.45) is 5.10 Å². The third-order valence-electron chi connectivity index (χ3n) is 5.01. The number of rotatable bonds is 6. The first-order valence-electron chi connectivity index (χ1n) is 9.75. The number of anilines is 1. The first kappa shape index (κ1) is 23.2. The number of hydrogen-bond acceptors (Lipinski definition) is 5. The maximum Gasteiger partial charge on any atom is 0.279 e. The van der Waals surface area contributed by atoms with Gasteiger partial charge in [0.1, 0.15) is 5.82 Å². The highest BCUT2D eigenvalue weighted by atomic mass is 35.5. The minimum absolute atomic E-state index is 0.0309. The van der Waals surface area contributed by atoms with E-state index in [1.54, 1.807) is 36.4 Å². The largest absolute Gasteiger partial charge is 0.283 e. The Morgan fingerprint density at radius 1 is 1.00 bits per heavy atom. The van der Waals surface area contributed by atoms with Gasteiger partial charge in [-0.05, 0) is 30.3 Å². The van der Waals surface area contributed by atoms with Crippen LogP contribution in [0.3, 0.4) is 0 Å². The number of para-hydroxylation sites is 1. The van der Waals surface area contributed by atoms with E-state index in [4.69, 9.17) is 11.6 Å². The zero-order chi connectivity index (χ0) is 23.8. The molecule has 0 unspecified atom stereocenters. The maximum atomic E-state index is 14.7. The Morgan fingerprint density at radius 3 is 2.39 bits per heavy atom. The highest BCUT2D eigenvalue weighted by molar-refractivity contribution is 7.92. The second-order valence-corrected chi connectivity index (χ2v) is 11.4. The number of sulfonamides is 2. The van der Waals surface area contributed by atoms with Crippen molar-refractivity contribution >= 4 is 43.0 Å². The molecule has 0 radical (unpaired) electrons. The van der Waals surface area contributed by atoms with Gasteiger partial charge in [-0.25, -0.2) is 12.8 Å². The van der Waals surface area contributed by atoms with Gasteiger partial charge in [-0.15, -0.1) is 0 Å². The molecule has 172 valence electrons. The van der Waals surface area contributed by atoms with Gasteiger partial charge in [-0.3, -0.25) is 4.72 Å². The second kappa shape index (κ2) is 8.77. The van der Waals surface area contributed by atoms with E-state index in [0.717, 1.165) is 10.7 Å². The molecule has 7 nitrogen and oxygen atoms in total. The van der Waals surface area contributed by atoms with E-state index in [-0.39, 0.29) is 27.6 Å². The average Bonchev–Trinajstić information content (AvgIpc) is 3.19. The Bertz CT molecular complexity index is 1460. The highest BCUT2D eigenvalue weighted by Crippen LogP contribution is 2.39. The molecule has 0 spiro atoms. The van der Waals surface area contributed by atoms with Gasteiger partial charge in [0.05, 0.1) is 28.6 Å². The summed E-state index contributed by atoms with van der Waals surface area (Å²) in [5.41, 5.74) is 1.08. The zero-order valence-electron chi connectivity index (χ0n) is 17.3. The molecule has 0 amide bonds. The molecule has 3 aromatic rings. The van der Waals surface area contributed by atoms with Crippen molar-refractivity contribution in [2.75, 3.05) is 11.0 Å². The fraction of sp³-hybridized carbons (Fsp3) is 0.136. The van der Waals surface area contributed by atoms with E-state index in [2.05, 4.69) is 9.82 Å².